The van der Waals surface area contributed by atoms with Gasteiger partial charge >= 0.3 is 121 Å². The van der Waals surface area contributed by atoms with Crippen LogP contribution in [0.4, 0.5) is 0 Å². The summed E-state index contributed by atoms with van der Waals surface area (Å²) < 4.78 is 6.72. The van der Waals surface area contributed by atoms with Crippen molar-refractivity contribution in [2.75, 3.05) is 7.11 Å². The topological polar surface area (TPSA) is 26.3 Å². The molecular weight excluding hydrogens is 407 g/mol. The first kappa shape index (κ1) is 13.6. The van der Waals surface area contributed by atoms with Crippen molar-refractivity contribution in [3.63, 3.8) is 0 Å². The molecule has 2 aromatic rings. The molecule has 18 heavy (non-hydrogen) atoms. The van der Waals surface area contributed by atoms with Crippen LogP contribution < -0.4 is 8.35 Å². The van der Waals surface area contributed by atoms with Crippen molar-refractivity contribution in [1.82, 2.24) is 0 Å². The Morgan fingerprint density at radius 1 is 1.06 bits per heavy atom. The zero-order valence-electron chi connectivity index (χ0n) is 9.83. The van der Waals surface area contributed by atoms with Gasteiger partial charge in [0, 0.05) is 0 Å². The van der Waals surface area contributed by atoms with Crippen molar-refractivity contribution in [2.45, 2.75) is 0 Å². The molecule has 0 unspecified atom stereocenters. The third kappa shape index (κ3) is 3.86. The Morgan fingerprint density at radius 3 is 2.33 bits per heavy atom. The summed E-state index contributed by atoms with van der Waals surface area (Å²) in [6, 6.07) is 17.7. The van der Waals surface area contributed by atoms with E-state index in [0.29, 0.717) is 0 Å². The second kappa shape index (κ2) is 6.97. The van der Waals surface area contributed by atoms with Gasteiger partial charge in [-0.05, 0) is 0 Å². The number of carbonyl (C=O) groups is 1. The van der Waals surface area contributed by atoms with Gasteiger partial charge in [0.05, 0.1) is 0 Å². The summed E-state index contributed by atoms with van der Waals surface area (Å²) in [7, 11) is 1.63. The summed E-state index contributed by atoms with van der Waals surface area (Å²) in [5.74, 6) is 0.790. The predicted molar refractivity (Wildman–Crippen MR) is 74.9 cm³/mol. The van der Waals surface area contributed by atoms with E-state index in [4.69, 9.17) is 4.74 Å². The molecule has 0 N–H and O–H groups in total. The minimum atomic E-state index is -0.354. The van der Waals surface area contributed by atoms with Crippen molar-refractivity contribution in [2.24, 2.45) is 0 Å². The Bertz CT molecular complexity index is 511. The van der Waals surface area contributed by atoms with Crippen LogP contribution in [0.3, 0.4) is 0 Å². The number of ether oxygens (including phenoxy) is 1. The molecule has 0 amide bonds. The molecule has 0 aromatic heterocycles. The van der Waals surface area contributed by atoms with Crippen molar-refractivity contribution >= 4 is 38.8 Å². The van der Waals surface area contributed by atoms with Gasteiger partial charge in [0.25, 0.3) is 0 Å². The fourth-order valence-corrected chi connectivity index (χ4v) is 8.49. The van der Waals surface area contributed by atoms with Gasteiger partial charge in [0.2, 0.25) is 0 Å². The van der Waals surface area contributed by atoms with E-state index < -0.39 is 0 Å². The van der Waals surface area contributed by atoms with E-state index in [0.717, 1.165) is 11.3 Å². The maximum atomic E-state index is 12.0. The second-order valence-electron chi connectivity index (χ2n) is 3.50. The third-order valence-electron chi connectivity index (χ3n) is 2.28. The van der Waals surface area contributed by atoms with Gasteiger partial charge in [-0.1, -0.05) is 0 Å². The van der Waals surface area contributed by atoms with Gasteiger partial charge in [-0.25, -0.2) is 0 Å². The first-order valence-corrected chi connectivity index (χ1v) is 13.0. The molecule has 0 saturated carbocycles. The molecule has 0 aliphatic carbocycles. The molecule has 0 radical (unpaired) electrons. The van der Waals surface area contributed by atoms with Crippen molar-refractivity contribution in [1.29, 1.82) is 0 Å². The zero-order chi connectivity index (χ0) is 12.8. The quantitative estimate of drug-likeness (QED) is 0.688. The number of rotatable bonds is 5. The molecule has 2 rings (SSSR count). The molecule has 0 spiro atoms. The molecular formula is C14H12O2SeTe. The molecule has 0 aliphatic rings. The minimum absolute atomic E-state index is 0.0843. The average Bonchev–Trinajstić information content (AvgIpc) is 2.46. The normalized spacial score (nSPS) is 10.1. The van der Waals surface area contributed by atoms with Gasteiger partial charge in [-0.15, -0.1) is 0 Å². The van der Waals surface area contributed by atoms with E-state index in [9.17, 15) is 4.79 Å². The summed E-state index contributed by atoms with van der Waals surface area (Å²) in [5.41, 5.74) is 0.803. The number of benzene rings is 2. The van der Waals surface area contributed by atoms with Crippen LogP contribution in [0, 0.1) is 0 Å². The van der Waals surface area contributed by atoms with Crippen molar-refractivity contribution in [3.8, 4) is 5.75 Å². The van der Waals surface area contributed by atoms with Crippen molar-refractivity contribution < 1.29 is 9.53 Å². The van der Waals surface area contributed by atoms with Crippen LogP contribution in [0.1, 0.15) is 10.4 Å². The van der Waals surface area contributed by atoms with Gasteiger partial charge in [-0.2, -0.15) is 0 Å². The van der Waals surface area contributed by atoms with E-state index in [1.807, 2.05) is 42.5 Å². The Balaban J connectivity index is 1.95. The molecule has 0 bridgehead atoms. The van der Waals surface area contributed by atoms with Crippen molar-refractivity contribution in [3.05, 3.63) is 60.2 Å². The third-order valence-corrected chi connectivity index (χ3v) is 10.8. The zero-order valence-corrected chi connectivity index (χ0v) is 13.9. The average molecular weight is 419 g/mol. The number of methoxy groups -OCH3 is 1. The maximum absolute atomic E-state index is 12.0. The standard InChI is InChI=1S/C14H12O2SeTe/c1-16-12-9-7-11(8-10-12)14(15)17-18-13-5-3-2-4-6-13/h2-10H,1H3. The Hall–Kier alpha value is -0.781. The van der Waals surface area contributed by atoms with E-state index in [-0.39, 0.29) is 35.1 Å². The molecule has 2 aromatic carbocycles. The number of hydrogen-bond donors (Lipinski definition) is 0. The molecule has 4 heteroatoms. The van der Waals surface area contributed by atoms with Crippen LogP contribution in [0.5, 0.6) is 5.75 Å². The predicted octanol–water partition coefficient (Wildman–Crippen LogP) is 1.48. The SMILES string of the molecule is COc1ccc(C(=O)[Se][Te]c2ccccc2)cc1. The summed E-state index contributed by atoms with van der Waals surface area (Å²) in [4.78, 5) is 12.0. The van der Waals surface area contributed by atoms with Crippen LogP contribution in [-0.2, 0) is 0 Å². The molecule has 0 aliphatic heterocycles. The fourth-order valence-electron chi connectivity index (χ4n) is 1.34. The first-order chi connectivity index (χ1) is 8.79. The van der Waals surface area contributed by atoms with Gasteiger partial charge in [0.15, 0.2) is 0 Å². The van der Waals surface area contributed by atoms with Crippen LogP contribution in [0.15, 0.2) is 54.6 Å². The monoisotopic (exact) mass is 422 g/mol. The summed E-state index contributed by atoms with van der Waals surface area (Å²) in [6.45, 7) is 0. The Morgan fingerprint density at radius 2 is 1.72 bits per heavy atom. The number of hydrogen-bond acceptors (Lipinski definition) is 2. The van der Waals surface area contributed by atoms with E-state index in [1.54, 1.807) is 7.11 Å². The molecule has 0 heterocycles. The van der Waals surface area contributed by atoms with Crippen LogP contribution >= 0.6 is 0 Å². The first-order valence-electron chi connectivity index (χ1n) is 5.37. The van der Waals surface area contributed by atoms with Gasteiger partial charge in [0.1, 0.15) is 0 Å². The fraction of sp³-hybridized carbons (Fsp3) is 0.0714. The molecule has 2 nitrogen and oxygen atoms in total. The second-order valence-corrected chi connectivity index (χ2v) is 11.3. The molecule has 0 atom stereocenters. The molecule has 0 saturated heterocycles. The van der Waals surface area contributed by atoms with E-state index in [2.05, 4.69) is 12.1 Å². The van der Waals surface area contributed by atoms with Crippen LogP contribution in [0.2, 0.25) is 0 Å². The van der Waals surface area contributed by atoms with Gasteiger partial charge in [-0.3, -0.25) is 0 Å². The summed E-state index contributed by atoms with van der Waals surface area (Å²) >= 11 is -0.270. The Kier molecular flexibility index (Phi) is 5.28. The van der Waals surface area contributed by atoms with Crippen LogP contribution in [0.25, 0.3) is 0 Å². The van der Waals surface area contributed by atoms with Gasteiger partial charge < -0.3 is 0 Å². The van der Waals surface area contributed by atoms with E-state index in [1.165, 1.54) is 3.61 Å². The van der Waals surface area contributed by atoms with E-state index >= 15 is 0 Å². The Labute approximate surface area is 121 Å². The number of carbonyl (C=O) groups excluding carboxylic acids is 1. The van der Waals surface area contributed by atoms with Crippen LogP contribution in [-0.4, -0.2) is 42.3 Å². The summed E-state index contributed by atoms with van der Waals surface area (Å²) in [5, 5.41) is 0. The molecule has 0 fully saturated rings. The summed E-state index contributed by atoms with van der Waals surface area (Å²) in [6.07, 6.45) is 0. The molecule has 92 valence electrons.